The van der Waals surface area contributed by atoms with Crippen molar-refractivity contribution in [2.75, 3.05) is 13.1 Å². The Hall–Kier alpha value is -0.970. The molecule has 1 atom stereocenters. The van der Waals surface area contributed by atoms with E-state index in [4.69, 9.17) is 18.0 Å². The van der Waals surface area contributed by atoms with Gasteiger partial charge in [-0.2, -0.15) is 0 Å². The first kappa shape index (κ1) is 12.5. The normalized spacial score (nSPS) is 25.1. The van der Waals surface area contributed by atoms with Crippen molar-refractivity contribution in [2.45, 2.75) is 25.5 Å². The Labute approximate surface area is 107 Å². The van der Waals surface area contributed by atoms with Gasteiger partial charge in [0.05, 0.1) is 5.60 Å². The second-order valence-corrected chi connectivity index (χ2v) is 5.42. The standard InChI is InChI=1S/C13H18N2OS/c1-13(16)6-7-15(9-13)8-10-4-2-3-5-11(10)12(14)17/h2-5,16H,6-9H2,1H3,(H2,14,17). The molecule has 92 valence electrons. The van der Waals surface area contributed by atoms with E-state index in [2.05, 4.69) is 4.90 Å². The van der Waals surface area contributed by atoms with Crippen molar-refractivity contribution >= 4 is 17.2 Å². The monoisotopic (exact) mass is 250 g/mol. The van der Waals surface area contributed by atoms with Gasteiger partial charge in [-0.3, -0.25) is 4.90 Å². The molecule has 17 heavy (non-hydrogen) atoms. The summed E-state index contributed by atoms with van der Waals surface area (Å²) in [7, 11) is 0. The number of benzene rings is 1. The summed E-state index contributed by atoms with van der Waals surface area (Å²) in [5.74, 6) is 0. The van der Waals surface area contributed by atoms with Gasteiger partial charge < -0.3 is 10.8 Å². The van der Waals surface area contributed by atoms with Gasteiger partial charge in [0.15, 0.2) is 0 Å². The van der Waals surface area contributed by atoms with Crippen LogP contribution in [0.4, 0.5) is 0 Å². The molecular weight excluding hydrogens is 232 g/mol. The molecule has 1 aromatic carbocycles. The maximum Gasteiger partial charge on any atom is 0.104 e. The SMILES string of the molecule is CC1(O)CCN(Cc2ccccc2C(N)=S)C1. The van der Waals surface area contributed by atoms with Crippen LogP contribution in [0.5, 0.6) is 0 Å². The fraction of sp³-hybridized carbons (Fsp3) is 0.462. The molecule has 3 N–H and O–H groups in total. The van der Waals surface area contributed by atoms with Crippen molar-refractivity contribution < 1.29 is 5.11 Å². The molecule has 0 saturated carbocycles. The lowest BCUT2D eigenvalue weighted by Crippen LogP contribution is -2.30. The summed E-state index contributed by atoms with van der Waals surface area (Å²) in [4.78, 5) is 2.67. The highest BCUT2D eigenvalue weighted by molar-refractivity contribution is 7.80. The van der Waals surface area contributed by atoms with Gasteiger partial charge in [-0.25, -0.2) is 0 Å². The van der Waals surface area contributed by atoms with E-state index in [-0.39, 0.29) is 0 Å². The zero-order valence-corrected chi connectivity index (χ0v) is 10.8. The van der Waals surface area contributed by atoms with Crippen LogP contribution in [-0.4, -0.2) is 33.7 Å². The van der Waals surface area contributed by atoms with Crippen molar-refractivity contribution in [3.63, 3.8) is 0 Å². The van der Waals surface area contributed by atoms with E-state index in [0.29, 0.717) is 11.5 Å². The van der Waals surface area contributed by atoms with Gasteiger partial charge >= 0.3 is 0 Å². The van der Waals surface area contributed by atoms with Crippen LogP contribution in [0.1, 0.15) is 24.5 Å². The number of hydrogen-bond donors (Lipinski definition) is 2. The van der Waals surface area contributed by atoms with Crippen LogP contribution in [0.3, 0.4) is 0 Å². The lowest BCUT2D eigenvalue weighted by atomic mass is 10.1. The fourth-order valence-electron chi connectivity index (χ4n) is 2.31. The second kappa shape index (κ2) is 4.72. The molecular formula is C13H18N2OS. The molecule has 1 aliphatic rings. The highest BCUT2D eigenvalue weighted by Crippen LogP contribution is 2.23. The molecule has 0 bridgehead atoms. The quantitative estimate of drug-likeness (QED) is 0.793. The van der Waals surface area contributed by atoms with E-state index in [0.717, 1.165) is 30.6 Å². The van der Waals surface area contributed by atoms with Crippen LogP contribution in [0.15, 0.2) is 24.3 Å². The smallest absolute Gasteiger partial charge is 0.104 e. The highest BCUT2D eigenvalue weighted by Gasteiger charge is 2.31. The number of β-amino-alcohol motifs (C(OH)–C–C–N with tert-alkyl or cyclic N) is 1. The predicted octanol–water partition coefficient (Wildman–Crippen LogP) is 1.28. The lowest BCUT2D eigenvalue weighted by Gasteiger charge is -2.20. The van der Waals surface area contributed by atoms with Crippen molar-refractivity contribution in [1.82, 2.24) is 4.90 Å². The molecule has 1 unspecified atom stereocenters. The van der Waals surface area contributed by atoms with Crippen molar-refractivity contribution in [3.05, 3.63) is 35.4 Å². The third-order valence-electron chi connectivity index (χ3n) is 3.21. The molecule has 3 nitrogen and oxygen atoms in total. The summed E-state index contributed by atoms with van der Waals surface area (Å²) in [6.45, 7) is 4.30. The first-order chi connectivity index (χ1) is 7.98. The Morgan fingerprint density at radius 1 is 1.53 bits per heavy atom. The molecule has 1 fully saturated rings. The third kappa shape index (κ3) is 3.03. The Balaban J connectivity index is 2.12. The van der Waals surface area contributed by atoms with E-state index < -0.39 is 5.60 Å². The average Bonchev–Trinajstić information content (AvgIpc) is 2.58. The molecule has 0 spiro atoms. The summed E-state index contributed by atoms with van der Waals surface area (Å²) in [5.41, 5.74) is 7.22. The van der Waals surface area contributed by atoms with E-state index in [1.165, 1.54) is 0 Å². The number of nitrogens with zero attached hydrogens (tertiary/aromatic N) is 1. The zero-order valence-electron chi connectivity index (χ0n) is 10.0. The summed E-state index contributed by atoms with van der Waals surface area (Å²) in [6.07, 6.45) is 0.822. The maximum atomic E-state index is 9.93. The number of hydrogen-bond acceptors (Lipinski definition) is 3. The Kier molecular flexibility index (Phi) is 3.47. The van der Waals surface area contributed by atoms with E-state index in [1.807, 2.05) is 31.2 Å². The number of aliphatic hydroxyl groups is 1. The second-order valence-electron chi connectivity index (χ2n) is 4.98. The van der Waals surface area contributed by atoms with Gasteiger partial charge in [0, 0.05) is 25.2 Å². The van der Waals surface area contributed by atoms with Crippen LogP contribution in [-0.2, 0) is 6.54 Å². The van der Waals surface area contributed by atoms with E-state index in [9.17, 15) is 5.11 Å². The van der Waals surface area contributed by atoms with Gasteiger partial charge in [-0.1, -0.05) is 36.5 Å². The molecule has 2 rings (SSSR count). The molecule has 0 amide bonds. The van der Waals surface area contributed by atoms with Gasteiger partial charge in [0.1, 0.15) is 4.99 Å². The number of nitrogens with two attached hydrogens (primary N) is 1. The molecule has 4 heteroatoms. The van der Waals surface area contributed by atoms with Crippen LogP contribution in [0.25, 0.3) is 0 Å². The largest absolute Gasteiger partial charge is 0.389 e. The van der Waals surface area contributed by atoms with Gasteiger partial charge in [-0.15, -0.1) is 0 Å². The van der Waals surface area contributed by atoms with E-state index in [1.54, 1.807) is 0 Å². The molecule has 1 heterocycles. The topological polar surface area (TPSA) is 49.5 Å². The highest BCUT2D eigenvalue weighted by atomic mass is 32.1. The first-order valence-electron chi connectivity index (χ1n) is 5.80. The predicted molar refractivity (Wildman–Crippen MR) is 72.8 cm³/mol. The zero-order chi connectivity index (χ0) is 12.5. The first-order valence-corrected chi connectivity index (χ1v) is 6.21. The Bertz CT molecular complexity index is 431. The summed E-state index contributed by atoms with van der Waals surface area (Å²) in [6, 6.07) is 7.93. The summed E-state index contributed by atoms with van der Waals surface area (Å²) >= 11 is 5.05. The van der Waals surface area contributed by atoms with Gasteiger partial charge in [0.25, 0.3) is 0 Å². The average molecular weight is 250 g/mol. The van der Waals surface area contributed by atoms with Crippen molar-refractivity contribution in [1.29, 1.82) is 0 Å². The van der Waals surface area contributed by atoms with Crippen LogP contribution in [0, 0.1) is 0 Å². The van der Waals surface area contributed by atoms with Gasteiger partial charge in [-0.05, 0) is 18.9 Å². The van der Waals surface area contributed by atoms with E-state index >= 15 is 0 Å². The minimum atomic E-state index is -0.557. The fourth-order valence-corrected chi connectivity index (χ4v) is 2.51. The van der Waals surface area contributed by atoms with Crippen molar-refractivity contribution in [3.8, 4) is 0 Å². The van der Waals surface area contributed by atoms with Gasteiger partial charge in [0.2, 0.25) is 0 Å². The summed E-state index contributed by atoms with van der Waals surface area (Å²) in [5, 5.41) is 9.93. The lowest BCUT2D eigenvalue weighted by molar-refractivity contribution is 0.0679. The van der Waals surface area contributed by atoms with Crippen LogP contribution in [0.2, 0.25) is 0 Å². The van der Waals surface area contributed by atoms with Crippen LogP contribution < -0.4 is 5.73 Å². The maximum absolute atomic E-state index is 9.93. The number of rotatable bonds is 3. The number of likely N-dealkylation sites (tertiary alicyclic amines) is 1. The number of thiocarbonyl (C=S) groups is 1. The molecule has 1 aliphatic heterocycles. The third-order valence-corrected chi connectivity index (χ3v) is 3.43. The molecule has 1 aromatic rings. The summed E-state index contributed by atoms with van der Waals surface area (Å²) < 4.78 is 0. The minimum absolute atomic E-state index is 0.437. The molecule has 1 saturated heterocycles. The molecule has 0 aliphatic carbocycles. The Morgan fingerprint density at radius 3 is 2.82 bits per heavy atom. The van der Waals surface area contributed by atoms with Crippen molar-refractivity contribution in [2.24, 2.45) is 5.73 Å². The molecule has 0 aromatic heterocycles. The Morgan fingerprint density at radius 2 is 2.24 bits per heavy atom. The molecule has 0 radical (unpaired) electrons. The van der Waals surface area contributed by atoms with Crippen LogP contribution >= 0.6 is 12.2 Å². The minimum Gasteiger partial charge on any atom is -0.389 e.